The second kappa shape index (κ2) is 6.67. The zero-order valence-corrected chi connectivity index (χ0v) is 13.3. The molecule has 0 spiro atoms. The first-order valence-corrected chi connectivity index (χ1v) is 8.16. The molecule has 5 nitrogen and oxygen atoms in total. The lowest BCUT2D eigenvalue weighted by molar-refractivity contribution is -0.138. The summed E-state index contributed by atoms with van der Waals surface area (Å²) in [6, 6.07) is 0.0480. The number of carbonyl (C=O) groups is 2. The van der Waals surface area contributed by atoms with E-state index >= 15 is 0 Å². The van der Waals surface area contributed by atoms with Gasteiger partial charge in [-0.2, -0.15) is 0 Å². The maximum absolute atomic E-state index is 12.8. The highest BCUT2D eigenvalue weighted by Crippen LogP contribution is 2.31. The van der Waals surface area contributed by atoms with Crippen LogP contribution in [0.5, 0.6) is 0 Å². The summed E-state index contributed by atoms with van der Waals surface area (Å²) in [4.78, 5) is 27.4. The predicted molar refractivity (Wildman–Crippen MR) is 81.2 cm³/mol. The van der Waals surface area contributed by atoms with E-state index in [1.807, 2.05) is 4.90 Å². The minimum absolute atomic E-state index is 0.0676. The van der Waals surface area contributed by atoms with Gasteiger partial charge < -0.3 is 14.9 Å². The van der Waals surface area contributed by atoms with Crippen LogP contribution < -0.4 is 0 Å². The molecule has 2 rings (SSSR count). The van der Waals surface area contributed by atoms with Crippen LogP contribution in [0, 0.1) is 5.41 Å². The highest BCUT2D eigenvalue weighted by Gasteiger charge is 2.33. The Balaban J connectivity index is 2.04. The largest absolute Gasteiger partial charge is 0.480 e. The Kier molecular flexibility index (Phi) is 5.12. The van der Waals surface area contributed by atoms with E-state index in [2.05, 4.69) is 13.8 Å². The molecule has 5 heteroatoms. The third-order valence-corrected chi connectivity index (χ3v) is 4.93. The summed E-state index contributed by atoms with van der Waals surface area (Å²) < 4.78 is 0. The Morgan fingerprint density at radius 1 is 1.14 bits per heavy atom. The van der Waals surface area contributed by atoms with Crippen molar-refractivity contribution in [3.05, 3.63) is 0 Å². The lowest BCUT2D eigenvalue weighted by atomic mass is 9.85. The van der Waals surface area contributed by atoms with Crippen LogP contribution in [0.4, 0.5) is 4.79 Å². The molecule has 120 valence electrons. The average molecular weight is 296 g/mol. The van der Waals surface area contributed by atoms with Gasteiger partial charge in [0, 0.05) is 19.1 Å². The number of carbonyl (C=O) groups excluding carboxylic acids is 1. The minimum atomic E-state index is -0.912. The lowest BCUT2D eigenvalue weighted by Crippen LogP contribution is -2.49. The molecule has 0 aromatic heterocycles. The third-order valence-electron chi connectivity index (χ3n) is 4.93. The Bertz CT molecular complexity index is 389. The van der Waals surface area contributed by atoms with Gasteiger partial charge in [-0.05, 0) is 37.5 Å². The van der Waals surface area contributed by atoms with Crippen molar-refractivity contribution in [1.82, 2.24) is 9.80 Å². The molecule has 0 radical (unpaired) electrons. The summed E-state index contributed by atoms with van der Waals surface area (Å²) in [5.41, 5.74) is 0.278. The van der Waals surface area contributed by atoms with Crippen LogP contribution in [0.2, 0.25) is 0 Å². The molecule has 0 atom stereocenters. The molecule has 1 aliphatic carbocycles. The number of hydrogen-bond donors (Lipinski definition) is 1. The van der Waals surface area contributed by atoms with Gasteiger partial charge in [0.15, 0.2) is 0 Å². The average Bonchev–Trinajstić information content (AvgIpc) is 2.86. The fourth-order valence-corrected chi connectivity index (χ4v) is 3.51. The molecule has 1 N–H and O–H groups in total. The van der Waals surface area contributed by atoms with Gasteiger partial charge in [0.05, 0.1) is 0 Å². The SMILES string of the molecule is CC1(C)CCCN(C(=O)N(CC(=O)O)C2CCCC2)CC1. The highest BCUT2D eigenvalue weighted by molar-refractivity contribution is 5.80. The van der Waals surface area contributed by atoms with E-state index < -0.39 is 5.97 Å². The van der Waals surface area contributed by atoms with Gasteiger partial charge in [-0.25, -0.2) is 4.79 Å². The fourth-order valence-electron chi connectivity index (χ4n) is 3.51. The fraction of sp³-hybridized carbons (Fsp3) is 0.875. The molecular formula is C16H28N2O3. The molecule has 1 saturated heterocycles. The molecule has 0 unspecified atom stereocenters. The summed E-state index contributed by atoms with van der Waals surface area (Å²) >= 11 is 0. The number of carboxylic acid groups (broad SMARTS) is 1. The van der Waals surface area contributed by atoms with Crippen molar-refractivity contribution < 1.29 is 14.7 Å². The quantitative estimate of drug-likeness (QED) is 0.871. The summed E-state index contributed by atoms with van der Waals surface area (Å²) in [7, 11) is 0. The number of aliphatic carboxylic acids is 1. The second-order valence-corrected chi connectivity index (χ2v) is 7.25. The van der Waals surface area contributed by atoms with Crippen LogP contribution in [-0.4, -0.2) is 52.6 Å². The lowest BCUT2D eigenvalue weighted by Gasteiger charge is -2.33. The van der Waals surface area contributed by atoms with Crippen molar-refractivity contribution in [2.24, 2.45) is 5.41 Å². The number of rotatable bonds is 3. The number of carboxylic acids is 1. The van der Waals surface area contributed by atoms with E-state index in [9.17, 15) is 9.59 Å². The maximum Gasteiger partial charge on any atom is 0.323 e. The standard InChI is InChI=1S/C16H28N2O3/c1-16(2)8-5-10-17(11-9-16)15(21)18(12-14(19)20)13-6-3-4-7-13/h13H,3-12H2,1-2H3,(H,19,20). The van der Waals surface area contributed by atoms with Crippen molar-refractivity contribution >= 4 is 12.0 Å². The number of likely N-dealkylation sites (tertiary alicyclic amines) is 1. The van der Waals surface area contributed by atoms with E-state index in [-0.39, 0.29) is 24.0 Å². The van der Waals surface area contributed by atoms with Gasteiger partial charge in [0.2, 0.25) is 0 Å². The van der Waals surface area contributed by atoms with Gasteiger partial charge in [0.25, 0.3) is 0 Å². The number of nitrogens with zero attached hydrogens (tertiary/aromatic N) is 2. The van der Waals surface area contributed by atoms with E-state index in [4.69, 9.17) is 5.11 Å². The van der Waals surface area contributed by atoms with Crippen LogP contribution in [-0.2, 0) is 4.79 Å². The number of hydrogen-bond acceptors (Lipinski definition) is 2. The van der Waals surface area contributed by atoms with Gasteiger partial charge in [0.1, 0.15) is 6.54 Å². The van der Waals surface area contributed by atoms with Crippen molar-refractivity contribution in [3.8, 4) is 0 Å². The summed E-state index contributed by atoms with van der Waals surface area (Å²) in [6.07, 6.45) is 7.20. The Labute approximate surface area is 127 Å². The van der Waals surface area contributed by atoms with Crippen LogP contribution in [0.3, 0.4) is 0 Å². The molecule has 2 amide bonds. The molecule has 1 aliphatic heterocycles. The van der Waals surface area contributed by atoms with Crippen LogP contribution in [0.15, 0.2) is 0 Å². The predicted octanol–water partition coefficient (Wildman–Crippen LogP) is 2.95. The molecule has 2 fully saturated rings. The summed E-state index contributed by atoms with van der Waals surface area (Å²) in [5.74, 6) is -0.912. The van der Waals surface area contributed by atoms with Crippen molar-refractivity contribution in [2.45, 2.75) is 64.8 Å². The molecule has 1 saturated carbocycles. The summed E-state index contributed by atoms with van der Waals surface area (Å²) in [6.45, 7) is 5.82. The van der Waals surface area contributed by atoms with Crippen LogP contribution >= 0.6 is 0 Å². The van der Waals surface area contributed by atoms with Gasteiger partial charge in [-0.15, -0.1) is 0 Å². The van der Waals surface area contributed by atoms with Crippen molar-refractivity contribution in [1.29, 1.82) is 0 Å². The van der Waals surface area contributed by atoms with E-state index in [0.717, 1.165) is 58.0 Å². The van der Waals surface area contributed by atoms with Gasteiger partial charge >= 0.3 is 12.0 Å². The Morgan fingerprint density at radius 3 is 2.43 bits per heavy atom. The van der Waals surface area contributed by atoms with Crippen LogP contribution in [0.25, 0.3) is 0 Å². The van der Waals surface area contributed by atoms with Crippen molar-refractivity contribution in [2.75, 3.05) is 19.6 Å². The Hall–Kier alpha value is -1.26. The summed E-state index contributed by atoms with van der Waals surface area (Å²) in [5, 5.41) is 9.12. The molecule has 21 heavy (non-hydrogen) atoms. The first-order valence-electron chi connectivity index (χ1n) is 8.16. The van der Waals surface area contributed by atoms with E-state index in [0.29, 0.717) is 0 Å². The zero-order chi connectivity index (χ0) is 15.5. The highest BCUT2D eigenvalue weighted by atomic mass is 16.4. The molecule has 0 aromatic carbocycles. The molecule has 0 aromatic rings. The van der Waals surface area contributed by atoms with Crippen LogP contribution in [0.1, 0.15) is 58.8 Å². The minimum Gasteiger partial charge on any atom is -0.480 e. The van der Waals surface area contributed by atoms with E-state index in [1.54, 1.807) is 4.90 Å². The number of amides is 2. The smallest absolute Gasteiger partial charge is 0.323 e. The normalized spacial score (nSPS) is 22.9. The Morgan fingerprint density at radius 2 is 1.81 bits per heavy atom. The third kappa shape index (κ3) is 4.35. The maximum atomic E-state index is 12.8. The molecule has 0 bridgehead atoms. The monoisotopic (exact) mass is 296 g/mol. The van der Waals surface area contributed by atoms with Crippen molar-refractivity contribution in [3.63, 3.8) is 0 Å². The zero-order valence-electron chi connectivity index (χ0n) is 13.3. The topological polar surface area (TPSA) is 60.9 Å². The van der Waals surface area contributed by atoms with Gasteiger partial charge in [-0.3, -0.25) is 4.79 Å². The molecular weight excluding hydrogens is 268 g/mol. The first kappa shape index (κ1) is 16.1. The van der Waals surface area contributed by atoms with E-state index in [1.165, 1.54) is 0 Å². The first-order chi connectivity index (χ1) is 9.89. The second-order valence-electron chi connectivity index (χ2n) is 7.25. The molecule has 2 aliphatic rings. The molecule has 1 heterocycles. The van der Waals surface area contributed by atoms with Gasteiger partial charge in [-0.1, -0.05) is 26.7 Å². The number of urea groups is 1.